The van der Waals surface area contributed by atoms with Gasteiger partial charge in [-0.25, -0.2) is 14.8 Å². The lowest BCUT2D eigenvalue weighted by atomic mass is 9.90. The predicted molar refractivity (Wildman–Crippen MR) is 237 cm³/mol. The van der Waals surface area contributed by atoms with Gasteiger partial charge in [-0.2, -0.15) is 0 Å². The van der Waals surface area contributed by atoms with Gasteiger partial charge >= 0.3 is 12.5 Å². The summed E-state index contributed by atoms with van der Waals surface area (Å²) in [7, 11) is 1.25. The van der Waals surface area contributed by atoms with Crippen LogP contribution in [0.1, 0.15) is 76.1 Å². The van der Waals surface area contributed by atoms with Crippen LogP contribution in [0.3, 0.4) is 0 Å². The summed E-state index contributed by atoms with van der Waals surface area (Å²) < 4.78 is 56.3. The summed E-state index contributed by atoms with van der Waals surface area (Å²) in [5, 5.41) is 5.32. The molecule has 4 atom stereocenters. The number of benzene rings is 2. The first-order valence-corrected chi connectivity index (χ1v) is 22.0. The molecule has 3 aliphatic rings. The van der Waals surface area contributed by atoms with Gasteiger partial charge in [0.05, 0.1) is 41.3 Å². The summed E-state index contributed by atoms with van der Waals surface area (Å²) >= 11 is 6.62. The van der Waals surface area contributed by atoms with E-state index in [1.807, 2.05) is 39.5 Å². The minimum atomic E-state index is -5.06. The van der Waals surface area contributed by atoms with E-state index in [1.54, 1.807) is 47.5 Å². The lowest BCUT2D eigenvalue weighted by molar-refractivity contribution is -0.274. The molecule has 348 valence electrons. The molecule has 0 saturated carbocycles. The van der Waals surface area contributed by atoms with Crippen LogP contribution in [-0.2, 0) is 19.1 Å². The highest BCUT2D eigenvalue weighted by atomic mass is 35.5. The van der Waals surface area contributed by atoms with Crippen molar-refractivity contribution in [3.8, 4) is 28.1 Å². The fourth-order valence-corrected chi connectivity index (χ4v) is 8.96. The van der Waals surface area contributed by atoms with Gasteiger partial charge in [0.25, 0.3) is 5.91 Å². The number of piperazine rings is 1. The van der Waals surface area contributed by atoms with Crippen LogP contribution in [0.4, 0.5) is 29.5 Å². The number of likely N-dealkylation sites (tertiary alicyclic amines) is 1. The fraction of sp³-hybridized carbons (Fsp3) is 0.478. The van der Waals surface area contributed by atoms with E-state index in [1.165, 1.54) is 19.4 Å². The van der Waals surface area contributed by atoms with E-state index in [2.05, 4.69) is 35.2 Å². The lowest BCUT2D eigenvalue weighted by Gasteiger charge is -2.42. The Morgan fingerprint density at radius 2 is 1.65 bits per heavy atom. The molecule has 0 radical (unpaired) electrons. The van der Waals surface area contributed by atoms with Gasteiger partial charge < -0.3 is 44.5 Å². The normalized spacial score (nSPS) is 20.0. The maximum Gasteiger partial charge on any atom is 0.573 e. The van der Waals surface area contributed by atoms with E-state index in [-0.39, 0.29) is 51.5 Å². The zero-order valence-corrected chi connectivity index (χ0v) is 37.9. The Balaban J connectivity index is 1.05. The van der Waals surface area contributed by atoms with Crippen molar-refractivity contribution in [1.29, 1.82) is 0 Å². The number of methoxy groups -OCH3 is 1. The summed E-state index contributed by atoms with van der Waals surface area (Å²) in [5.41, 5.74) is 1.21. The Morgan fingerprint density at radius 1 is 0.938 bits per heavy atom. The van der Waals surface area contributed by atoms with Crippen molar-refractivity contribution in [1.82, 2.24) is 30.1 Å². The van der Waals surface area contributed by atoms with Crippen LogP contribution in [0.25, 0.3) is 22.4 Å². The van der Waals surface area contributed by atoms with Crippen LogP contribution >= 0.6 is 11.6 Å². The molecule has 19 heteroatoms. The molecule has 4 amide bonds. The number of H-pyrrole nitrogens is 1. The zero-order valence-electron chi connectivity index (χ0n) is 37.1. The molecule has 0 aliphatic carbocycles. The van der Waals surface area contributed by atoms with Crippen LogP contribution in [0.5, 0.6) is 5.75 Å². The molecule has 3 N–H and O–H groups in total. The highest BCUT2D eigenvalue weighted by Crippen LogP contribution is 2.41. The van der Waals surface area contributed by atoms with Crippen LogP contribution < -0.4 is 20.3 Å². The molecule has 4 unspecified atom stereocenters. The number of alkyl carbamates (subject to hydrolysis) is 1. The van der Waals surface area contributed by atoms with Gasteiger partial charge in [0.1, 0.15) is 23.4 Å². The second-order valence-corrected chi connectivity index (χ2v) is 18.4. The number of hydrogen-bond donors (Lipinski definition) is 3. The number of nitrogens with one attached hydrogen (secondary N) is 3. The lowest BCUT2D eigenvalue weighted by Crippen LogP contribution is -2.56. The summed E-state index contributed by atoms with van der Waals surface area (Å²) in [6.07, 6.45) is -0.876. The SMILES string of the molecule is COC(=O)NC(C(=O)N1CC(C)CC1c1ncc(-c2ccc(-c3cc(Cl)c(NC(=O)c4ccc(N5CCN(C(=O)C(C)(C)C)CC5C)nc4)cc3OC(F)(F)F)cc2)[nH]1)C1CCOCC1. The molecular weight excluding hydrogens is 869 g/mol. The van der Waals surface area contributed by atoms with Crippen LogP contribution in [0, 0.1) is 17.3 Å². The topological polar surface area (TPSA) is 171 Å². The van der Waals surface area contributed by atoms with E-state index in [0.717, 1.165) is 6.07 Å². The van der Waals surface area contributed by atoms with Crippen LogP contribution in [0.2, 0.25) is 5.02 Å². The fourth-order valence-electron chi connectivity index (χ4n) is 8.75. The molecule has 4 aromatic rings. The van der Waals surface area contributed by atoms with Gasteiger partial charge in [-0.05, 0) is 67.3 Å². The van der Waals surface area contributed by atoms with Crippen molar-refractivity contribution >= 4 is 46.9 Å². The van der Waals surface area contributed by atoms with Crippen molar-refractivity contribution in [2.75, 3.05) is 56.7 Å². The Kier molecular flexibility index (Phi) is 14.0. The molecule has 5 heterocycles. The van der Waals surface area contributed by atoms with Gasteiger partial charge in [-0.15, -0.1) is 13.2 Å². The van der Waals surface area contributed by atoms with Gasteiger partial charge in [-0.3, -0.25) is 14.4 Å². The minimum absolute atomic E-state index is 0.0281. The van der Waals surface area contributed by atoms with Crippen molar-refractivity contribution in [2.45, 2.75) is 78.4 Å². The number of imidazole rings is 1. The zero-order chi connectivity index (χ0) is 46.8. The molecule has 0 bridgehead atoms. The third-order valence-corrected chi connectivity index (χ3v) is 12.4. The van der Waals surface area contributed by atoms with Crippen LogP contribution in [0.15, 0.2) is 60.9 Å². The number of rotatable bonds is 10. The smallest absolute Gasteiger partial charge is 0.453 e. The number of nitrogens with zero attached hydrogens (tertiary/aromatic N) is 5. The number of ether oxygens (including phenoxy) is 3. The standard InChI is InChI=1S/C46H54ClF3N8O7/c1-26-19-36(58(24-26)42(60)39(55-44(62)63-6)30-13-17-64-18-14-30)40-52-23-35(53-40)29-9-7-28(8-10-29)32-20-33(47)34(21-37(32)65-46(48,49)50)54-41(59)31-11-12-38(51-22-31)57-16-15-56(25-27(57)2)43(61)45(3,4)5/h7-12,20-23,26-27,30,36,39H,13-19,24-25H2,1-6H3,(H,52,53)(H,54,59)(H,55,62). The maximum absolute atomic E-state index is 14.1. The molecule has 3 aliphatic heterocycles. The van der Waals surface area contributed by atoms with Gasteiger partial charge in [0, 0.05) is 68.7 Å². The van der Waals surface area contributed by atoms with Gasteiger partial charge in [0.2, 0.25) is 11.8 Å². The third kappa shape index (κ3) is 11.0. The number of anilines is 2. The molecule has 65 heavy (non-hydrogen) atoms. The van der Waals surface area contributed by atoms with E-state index in [0.29, 0.717) is 87.1 Å². The summed E-state index contributed by atoms with van der Waals surface area (Å²) in [6, 6.07) is 11.0. The Hall–Kier alpha value is -5.88. The van der Waals surface area contributed by atoms with Crippen molar-refractivity contribution in [3.05, 3.63) is 77.3 Å². The van der Waals surface area contributed by atoms with Crippen LogP contribution in [-0.4, -0.2) is 114 Å². The van der Waals surface area contributed by atoms with E-state index in [4.69, 9.17) is 21.1 Å². The van der Waals surface area contributed by atoms with Gasteiger partial charge in [-0.1, -0.05) is 63.6 Å². The largest absolute Gasteiger partial charge is 0.573 e. The minimum Gasteiger partial charge on any atom is -0.453 e. The highest BCUT2D eigenvalue weighted by Gasteiger charge is 2.42. The molecular formula is C46H54ClF3N8O7. The number of halogens is 4. The van der Waals surface area contributed by atoms with E-state index in [9.17, 15) is 32.3 Å². The number of carbonyl (C=O) groups is 4. The highest BCUT2D eigenvalue weighted by molar-refractivity contribution is 6.34. The molecule has 0 spiro atoms. The number of carbonyl (C=O) groups excluding carboxylic acids is 4. The first kappa shape index (κ1) is 47.1. The first-order chi connectivity index (χ1) is 30.8. The number of alkyl halides is 3. The Morgan fingerprint density at radius 3 is 2.28 bits per heavy atom. The van der Waals surface area contributed by atoms with Crippen molar-refractivity contribution in [2.24, 2.45) is 17.3 Å². The average Bonchev–Trinajstić information content (AvgIpc) is 3.93. The summed E-state index contributed by atoms with van der Waals surface area (Å²) in [5.74, 6) is -0.174. The van der Waals surface area contributed by atoms with Crippen molar-refractivity contribution in [3.63, 3.8) is 0 Å². The molecule has 3 fully saturated rings. The van der Waals surface area contributed by atoms with E-state index < -0.39 is 41.6 Å². The second kappa shape index (κ2) is 19.3. The second-order valence-electron chi connectivity index (χ2n) is 17.9. The molecule has 2 aromatic heterocycles. The average molecular weight is 923 g/mol. The number of aromatic nitrogens is 3. The number of hydrogen-bond acceptors (Lipinski definition) is 10. The van der Waals surface area contributed by atoms with Gasteiger partial charge in [0.15, 0.2) is 0 Å². The monoisotopic (exact) mass is 922 g/mol. The molecule has 7 rings (SSSR count). The Bertz CT molecular complexity index is 2370. The van der Waals surface area contributed by atoms with Crippen molar-refractivity contribution < 1.29 is 46.6 Å². The molecule has 15 nitrogen and oxygen atoms in total. The summed E-state index contributed by atoms with van der Waals surface area (Å²) in [6.45, 7) is 12.8. The number of aromatic amines is 1. The quantitative estimate of drug-likeness (QED) is 0.141. The number of pyridine rings is 1. The predicted octanol–water partition coefficient (Wildman–Crippen LogP) is 8.09. The number of amides is 4. The molecule has 2 aromatic carbocycles. The molecule has 3 saturated heterocycles. The Labute approximate surface area is 380 Å². The summed E-state index contributed by atoms with van der Waals surface area (Å²) in [4.78, 5) is 70.7. The maximum atomic E-state index is 14.1. The third-order valence-electron chi connectivity index (χ3n) is 12.1. The first-order valence-electron chi connectivity index (χ1n) is 21.6. The van der Waals surface area contributed by atoms with E-state index >= 15 is 0 Å².